The van der Waals surface area contributed by atoms with E-state index in [1.807, 2.05) is 0 Å². The topological polar surface area (TPSA) is 37.3 Å². The van der Waals surface area contributed by atoms with Gasteiger partial charge in [-0.3, -0.25) is 0 Å². The van der Waals surface area contributed by atoms with Gasteiger partial charge in [0.15, 0.2) is 0 Å². The minimum absolute atomic E-state index is 0.344. The first kappa shape index (κ1) is 10.3. The van der Waals surface area contributed by atoms with E-state index in [-0.39, 0.29) is 0 Å². The van der Waals surface area contributed by atoms with Gasteiger partial charge in [0.2, 0.25) is 0 Å². The Labute approximate surface area is 53.1 Å². The van der Waals surface area contributed by atoms with Crippen molar-refractivity contribution in [3.8, 4) is 0 Å². The molecular formula is C4H10O2V. The molecule has 0 atom stereocenters. The van der Waals surface area contributed by atoms with Gasteiger partial charge in [-0.1, -0.05) is 13.3 Å². The molecule has 0 aliphatic carbocycles. The maximum atomic E-state index is 8.19. The molecule has 0 spiro atoms. The Hall–Kier alpha value is 0.344. The number of hydrogen-bond acceptors (Lipinski definition) is 2. The summed E-state index contributed by atoms with van der Waals surface area (Å²) in [7, 11) is 0. The molecule has 0 aliphatic rings. The van der Waals surface area contributed by atoms with Crippen LogP contribution in [0.2, 0.25) is 0 Å². The van der Waals surface area contributed by atoms with Gasteiger partial charge in [-0.25, -0.2) is 0 Å². The molecular weight excluding hydrogens is 131 g/mol. The van der Waals surface area contributed by atoms with Gasteiger partial charge in [-0.05, 0) is 6.42 Å². The second-order valence-electron chi connectivity index (χ2n) is 1.08. The van der Waals surface area contributed by atoms with Gasteiger partial charge < -0.3 is 5.11 Å². The van der Waals surface area contributed by atoms with Crippen molar-refractivity contribution in [2.75, 3.05) is 6.61 Å². The molecule has 43 valence electrons. The maximum absolute atomic E-state index is 8.19. The zero-order valence-corrected chi connectivity index (χ0v) is 5.82. The zero-order chi connectivity index (χ0) is 6.12. The van der Waals surface area contributed by atoms with Crippen molar-refractivity contribution in [1.29, 1.82) is 0 Å². The Balaban J connectivity index is 0. The first-order chi connectivity index (χ1) is 3.41. The van der Waals surface area contributed by atoms with E-state index in [0.717, 1.165) is 30.2 Å². The van der Waals surface area contributed by atoms with Gasteiger partial charge in [-0.2, -0.15) is 0 Å². The van der Waals surface area contributed by atoms with Gasteiger partial charge >= 0.3 is 21.0 Å². The molecule has 0 saturated heterocycles. The summed E-state index contributed by atoms with van der Waals surface area (Å²) in [6.45, 7) is 2.40. The number of rotatable bonds is 2. The van der Waals surface area contributed by atoms with Crippen LogP contribution in [-0.2, 0) is 21.0 Å². The normalized spacial score (nSPS) is 6.43. The van der Waals surface area contributed by atoms with Crippen LogP contribution in [0.4, 0.5) is 0 Å². The predicted octanol–water partition coefficient (Wildman–Crippen LogP) is 0.657. The molecule has 1 N–H and O–H groups in total. The fourth-order valence-electron chi connectivity index (χ4n) is 0.158. The van der Waals surface area contributed by atoms with E-state index >= 15 is 0 Å². The van der Waals surface area contributed by atoms with Crippen molar-refractivity contribution in [3.63, 3.8) is 0 Å². The van der Waals surface area contributed by atoms with Gasteiger partial charge in [0.05, 0.1) is 0 Å². The van der Waals surface area contributed by atoms with E-state index in [0.29, 0.717) is 6.61 Å². The van der Waals surface area contributed by atoms with Crippen molar-refractivity contribution < 1.29 is 26.1 Å². The van der Waals surface area contributed by atoms with Crippen LogP contribution in [-0.4, -0.2) is 11.7 Å². The summed E-state index contributed by atoms with van der Waals surface area (Å²) in [6, 6.07) is 0. The van der Waals surface area contributed by atoms with Crippen molar-refractivity contribution in [2.45, 2.75) is 19.8 Å². The van der Waals surface area contributed by atoms with E-state index in [1.54, 1.807) is 0 Å². The Bertz CT molecular complexity index is 23.7. The van der Waals surface area contributed by atoms with Gasteiger partial charge in [0, 0.05) is 6.61 Å². The molecule has 0 heterocycles. The Morgan fingerprint density at radius 2 is 2.00 bits per heavy atom. The summed E-state index contributed by atoms with van der Waals surface area (Å²) in [4.78, 5) is 0. The van der Waals surface area contributed by atoms with E-state index < -0.39 is 0 Å². The van der Waals surface area contributed by atoms with Gasteiger partial charge in [-0.15, -0.1) is 0 Å². The van der Waals surface area contributed by atoms with Crippen LogP contribution in [0.15, 0.2) is 0 Å². The third-order valence-corrected chi connectivity index (χ3v) is 0.512. The molecule has 0 fully saturated rings. The fourth-order valence-corrected chi connectivity index (χ4v) is 0.158. The molecule has 3 heteroatoms. The molecule has 0 rings (SSSR count). The molecule has 0 aromatic heterocycles. The number of aliphatic hydroxyl groups excluding tert-OH is 1. The average molecular weight is 141 g/mol. The monoisotopic (exact) mass is 141 g/mol. The average Bonchev–Trinajstić information content (AvgIpc) is 1.75. The van der Waals surface area contributed by atoms with Crippen molar-refractivity contribution in [1.82, 2.24) is 0 Å². The second-order valence-corrected chi connectivity index (χ2v) is 1.08. The van der Waals surface area contributed by atoms with Crippen LogP contribution in [0, 0.1) is 0 Å². The third-order valence-electron chi connectivity index (χ3n) is 0.512. The van der Waals surface area contributed by atoms with Gasteiger partial charge in [0.1, 0.15) is 0 Å². The number of hydrogen-bond donors (Lipinski definition) is 1. The summed E-state index contributed by atoms with van der Waals surface area (Å²) < 4.78 is 8.19. The summed E-state index contributed by atoms with van der Waals surface area (Å²) >= 11 is 1.06. The van der Waals surface area contributed by atoms with Gasteiger partial charge in [0.25, 0.3) is 0 Å². The van der Waals surface area contributed by atoms with Crippen molar-refractivity contribution in [3.05, 3.63) is 0 Å². The quantitative estimate of drug-likeness (QED) is 0.613. The summed E-state index contributed by atoms with van der Waals surface area (Å²) in [6.07, 6.45) is 2.04. The van der Waals surface area contributed by atoms with Crippen LogP contribution in [0.5, 0.6) is 0 Å². The van der Waals surface area contributed by atoms with Crippen LogP contribution < -0.4 is 0 Å². The molecule has 0 bridgehead atoms. The molecule has 0 radical (unpaired) electrons. The van der Waals surface area contributed by atoms with E-state index in [1.165, 1.54) is 0 Å². The number of aliphatic hydroxyl groups is 1. The molecule has 0 aliphatic heterocycles. The molecule has 0 aromatic rings. The molecule has 0 unspecified atom stereocenters. The zero-order valence-electron chi connectivity index (χ0n) is 4.42. The molecule has 2 nitrogen and oxygen atoms in total. The second kappa shape index (κ2) is 16.2. The molecule has 0 saturated carbocycles. The van der Waals surface area contributed by atoms with Crippen LogP contribution in [0.3, 0.4) is 0 Å². The van der Waals surface area contributed by atoms with Crippen molar-refractivity contribution >= 4 is 0 Å². The van der Waals surface area contributed by atoms with Crippen molar-refractivity contribution in [2.24, 2.45) is 0 Å². The summed E-state index contributed by atoms with van der Waals surface area (Å²) in [5.41, 5.74) is 0. The van der Waals surface area contributed by atoms with Crippen LogP contribution in [0.1, 0.15) is 19.8 Å². The Kier molecular flexibility index (Phi) is 24.0. The van der Waals surface area contributed by atoms with E-state index in [9.17, 15) is 0 Å². The van der Waals surface area contributed by atoms with E-state index in [4.69, 9.17) is 8.78 Å². The van der Waals surface area contributed by atoms with E-state index in [2.05, 4.69) is 6.92 Å². The van der Waals surface area contributed by atoms with Crippen LogP contribution >= 0.6 is 0 Å². The fraction of sp³-hybridized carbons (Fsp3) is 1.00. The Morgan fingerprint density at radius 1 is 1.57 bits per heavy atom. The predicted molar refractivity (Wildman–Crippen MR) is 22.7 cm³/mol. The van der Waals surface area contributed by atoms with Crippen LogP contribution in [0.25, 0.3) is 0 Å². The first-order valence-corrected chi connectivity index (χ1v) is 2.78. The standard InChI is InChI=1S/C4H10O.O.V/c1-2-3-4-5;;/h5H,2-4H2,1H3;;. The molecule has 7 heavy (non-hydrogen) atoms. The Morgan fingerprint density at radius 3 is 2.00 bits per heavy atom. The third kappa shape index (κ3) is 21.8. The number of unbranched alkanes of at least 4 members (excludes halogenated alkanes) is 1. The minimum atomic E-state index is 0.344. The molecule has 0 aromatic carbocycles. The first-order valence-electron chi connectivity index (χ1n) is 2.21. The summed E-state index contributed by atoms with van der Waals surface area (Å²) in [5, 5.41) is 8.07. The summed E-state index contributed by atoms with van der Waals surface area (Å²) in [5.74, 6) is 0. The SMILES string of the molecule is CCCCO.[O]=[V]. The molecule has 0 amide bonds.